The third-order valence-electron chi connectivity index (χ3n) is 1.36. The summed E-state index contributed by atoms with van der Waals surface area (Å²) >= 11 is 0. The molecule has 64 valence electrons. The standard InChI is InChI=1S/C8H14O3/c1-2-3-4-5-6-7(9)8(10)11/h6,9H,2-5H2,1H3,(H,10,11)/b7-6-. The second kappa shape index (κ2) is 5.77. The first-order chi connectivity index (χ1) is 5.18. The molecule has 0 amide bonds. The molecule has 0 aromatic rings. The Morgan fingerprint density at radius 1 is 1.36 bits per heavy atom. The molecule has 3 nitrogen and oxygen atoms in total. The van der Waals surface area contributed by atoms with Crippen molar-refractivity contribution >= 4 is 5.97 Å². The minimum absolute atomic E-state index is 0.541. The third kappa shape index (κ3) is 5.45. The van der Waals surface area contributed by atoms with E-state index in [2.05, 4.69) is 6.92 Å². The SMILES string of the molecule is CCCCC/C=C(\O)C(=O)O. The van der Waals surface area contributed by atoms with Crippen molar-refractivity contribution in [2.75, 3.05) is 0 Å². The van der Waals surface area contributed by atoms with E-state index in [1.54, 1.807) is 0 Å². The van der Waals surface area contributed by atoms with Crippen molar-refractivity contribution in [3.05, 3.63) is 11.8 Å². The van der Waals surface area contributed by atoms with Gasteiger partial charge in [-0.15, -0.1) is 0 Å². The van der Waals surface area contributed by atoms with Gasteiger partial charge >= 0.3 is 5.97 Å². The van der Waals surface area contributed by atoms with Crippen molar-refractivity contribution in [3.63, 3.8) is 0 Å². The Hall–Kier alpha value is -0.990. The number of aliphatic hydroxyl groups excluding tert-OH is 1. The van der Waals surface area contributed by atoms with E-state index in [-0.39, 0.29) is 0 Å². The number of unbranched alkanes of at least 4 members (excludes halogenated alkanes) is 3. The first-order valence-corrected chi connectivity index (χ1v) is 3.81. The van der Waals surface area contributed by atoms with E-state index in [4.69, 9.17) is 10.2 Å². The number of carbonyl (C=O) groups is 1. The molecule has 0 radical (unpaired) electrons. The fourth-order valence-corrected chi connectivity index (χ4v) is 0.720. The maximum absolute atomic E-state index is 10.0. The molecule has 2 N–H and O–H groups in total. The first kappa shape index (κ1) is 10.0. The van der Waals surface area contributed by atoms with Crippen molar-refractivity contribution in [1.82, 2.24) is 0 Å². The van der Waals surface area contributed by atoms with E-state index in [0.717, 1.165) is 19.3 Å². The average Bonchev–Trinajstić information content (AvgIpc) is 1.97. The Balaban J connectivity index is 3.48. The zero-order valence-electron chi connectivity index (χ0n) is 6.71. The Kier molecular flexibility index (Phi) is 5.25. The molecule has 0 saturated carbocycles. The van der Waals surface area contributed by atoms with E-state index in [0.29, 0.717) is 6.42 Å². The second-order valence-electron chi connectivity index (χ2n) is 2.39. The van der Waals surface area contributed by atoms with Crippen molar-refractivity contribution in [2.45, 2.75) is 32.6 Å². The number of rotatable bonds is 5. The molecule has 0 aromatic heterocycles. The molecular weight excluding hydrogens is 144 g/mol. The van der Waals surface area contributed by atoms with E-state index in [1.165, 1.54) is 6.08 Å². The van der Waals surface area contributed by atoms with Crippen LogP contribution in [0, 0.1) is 0 Å². The van der Waals surface area contributed by atoms with Gasteiger partial charge in [-0.1, -0.05) is 19.8 Å². The van der Waals surface area contributed by atoms with Gasteiger partial charge in [-0.25, -0.2) is 4.79 Å². The lowest BCUT2D eigenvalue weighted by atomic mass is 10.2. The van der Waals surface area contributed by atoms with Gasteiger partial charge in [0, 0.05) is 0 Å². The van der Waals surface area contributed by atoms with Crippen molar-refractivity contribution < 1.29 is 15.0 Å². The normalized spacial score (nSPS) is 11.5. The Morgan fingerprint density at radius 3 is 2.45 bits per heavy atom. The van der Waals surface area contributed by atoms with Crippen LogP contribution in [-0.4, -0.2) is 16.2 Å². The van der Waals surface area contributed by atoms with Crippen molar-refractivity contribution in [3.8, 4) is 0 Å². The largest absolute Gasteiger partial charge is 0.502 e. The number of aliphatic hydroxyl groups is 1. The zero-order valence-corrected chi connectivity index (χ0v) is 6.71. The first-order valence-electron chi connectivity index (χ1n) is 3.81. The smallest absolute Gasteiger partial charge is 0.370 e. The second-order valence-corrected chi connectivity index (χ2v) is 2.39. The summed E-state index contributed by atoms with van der Waals surface area (Å²) in [5.41, 5.74) is 0. The summed E-state index contributed by atoms with van der Waals surface area (Å²) in [4.78, 5) is 10.0. The summed E-state index contributed by atoms with van der Waals surface area (Å²) in [6.45, 7) is 2.07. The molecule has 0 atom stereocenters. The van der Waals surface area contributed by atoms with Gasteiger partial charge in [0.05, 0.1) is 0 Å². The van der Waals surface area contributed by atoms with Crippen LogP contribution in [0.1, 0.15) is 32.6 Å². The molecule has 0 aromatic carbocycles. The monoisotopic (exact) mass is 158 g/mol. The highest BCUT2D eigenvalue weighted by Crippen LogP contribution is 2.01. The fraction of sp³-hybridized carbons (Fsp3) is 0.625. The number of hydrogen-bond acceptors (Lipinski definition) is 2. The summed E-state index contributed by atoms with van der Waals surface area (Å²) in [7, 11) is 0. The highest BCUT2D eigenvalue weighted by molar-refractivity contribution is 5.83. The zero-order chi connectivity index (χ0) is 8.69. The van der Waals surface area contributed by atoms with Gasteiger partial charge in [0.15, 0.2) is 5.76 Å². The van der Waals surface area contributed by atoms with Gasteiger partial charge in [-0.05, 0) is 18.9 Å². The summed E-state index contributed by atoms with van der Waals surface area (Å²) in [5.74, 6) is -1.79. The average molecular weight is 158 g/mol. The number of hydrogen-bond donors (Lipinski definition) is 2. The van der Waals surface area contributed by atoms with Gasteiger partial charge in [0.2, 0.25) is 0 Å². The minimum atomic E-state index is -1.25. The van der Waals surface area contributed by atoms with Gasteiger partial charge in [-0.3, -0.25) is 0 Å². The predicted molar refractivity (Wildman–Crippen MR) is 42.5 cm³/mol. The Bertz CT molecular complexity index is 149. The van der Waals surface area contributed by atoms with Crippen LogP contribution in [0.3, 0.4) is 0 Å². The molecule has 0 saturated heterocycles. The highest BCUT2D eigenvalue weighted by Gasteiger charge is 2.00. The molecule has 0 fully saturated rings. The van der Waals surface area contributed by atoms with Crippen molar-refractivity contribution in [1.29, 1.82) is 0 Å². The molecule has 0 rings (SSSR count). The summed E-state index contributed by atoms with van der Waals surface area (Å²) in [5, 5.41) is 16.9. The van der Waals surface area contributed by atoms with Gasteiger partial charge < -0.3 is 10.2 Å². The molecule has 0 heterocycles. The maximum atomic E-state index is 10.0. The van der Waals surface area contributed by atoms with Crippen LogP contribution in [-0.2, 0) is 4.79 Å². The quantitative estimate of drug-likeness (QED) is 0.366. The molecule has 0 aliphatic heterocycles. The van der Waals surface area contributed by atoms with E-state index in [9.17, 15) is 4.79 Å². The molecular formula is C8H14O3. The van der Waals surface area contributed by atoms with Crippen molar-refractivity contribution in [2.24, 2.45) is 0 Å². The van der Waals surface area contributed by atoms with Crippen LogP contribution >= 0.6 is 0 Å². The molecule has 3 heteroatoms. The van der Waals surface area contributed by atoms with E-state index >= 15 is 0 Å². The van der Waals surface area contributed by atoms with Crippen LogP contribution < -0.4 is 0 Å². The highest BCUT2D eigenvalue weighted by atomic mass is 16.4. The predicted octanol–water partition coefficient (Wildman–Crippen LogP) is 2.09. The van der Waals surface area contributed by atoms with Crippen LogP contribution in [0.4, 0.5) is 0 Å². The van der Waals surface area contributed by atoms with E-state index < -0.39 is 11.7 Å². The topological polar surface area (TPSA) is 57.5 Å². The van der Waals surface area contributed by atoms with Gasteiger partial charge in [-0.2, -0.15) is 0 Å². The third-order valence-corrected chi connectivity index (χ3v) is 1.36. The lowest BCUT2D eigenvalue weighted by Crippen LogP contribution is -1.98. The molecule has 0 aliphatic rings. The number of carboxylic acid groups (broad SMARTS) is 1. The Labute approximate surface area is 66.4 Å². The number of allylic oxidation sites excluding steroid dienone is 1. The van der Waals surface area contributed by atoms with Crippen LogP contribution in [0.5, 0.6) is 0 Å². The van der Waals surface area contributed by atoms with Crippen LogP contribution in [0.2, 0.25) is 0 Å². The molecule has 0 bridgehead atoms. The maximum Gasteiger partial charge on any atom is 0.370 e. The summed E-state index contributed by atoms with van der Waals surface area (Å²) in [6, 6.07) is 0. The molecule has 11 heavy (non-hydrogen) atoms. The number of aliphatic carboxylic acids is 1. The lowest BCUT2D eigenvalue weighted by molar-refractivity contribution is -0.135. The Morgan fingerprint density at radius 2 is 2.00 bits per heavy atom. The lowest BCUT2D eigenvalue weighted by Gasteiger charge is -1.93. The number of carboxylic acids is 1. The van der Waals surface area contributed by atoms with Crippen LogP contribution in [0.15, 0.2) is 11.8 Å². The molecule has 0 aliphatic carbocycles. The fourth-order valence-electron chi connectivity index (χ4n) is 0.720. The summed E-state index contributed by atoms with van der Waals surface area (Å²) < 4.78 is 0. The summed E-state index contributed by atoms with van der Waals surface area (Å²) in [6.07, 6.45) is 5.10. The molecule has 0 spiro atoms. The van der Waals surface area contributed by atoms with E-state index in [1.807, 2.05) is 0 Å². The van der Waals surface area contributed by atoms with Crippen LogP contribution in [0.25, 0.3) is 0 Å². The molecule has 0 unspecified atom stereocenters. The van der Waals surface area contributed by atoms with Gasteiger partial charge in [0.1, 0.15) is 0 Å². The minimum Gasteiger partial charge on any atom is -0.502 e. The van der Waals surface area contributed by atoms with Gasteiger partial charge in [0.25, 0.3) is 0 Å².